The number of fused-ring (bicyclic) bond motifs is 4. The summed E-state index contributed by atoms with van der Waals surface area (Å²) in [7, 11) is 0. The van der Waals surface area contributed by atoms with Gasteiger partial charge in [-0.2, -0.15) is 0 Å². The standard InChI is InChI=1S/C46H34N2O/c1-46(2)41-21-13-12-20-39(41)40-24-22-36(29-42(40)46)48(37-23-25-43-44(30-37)49-45(47-43)33-18-10-5-11-19-33)38-27-34(31-14-6-3-7-15-31)26-35(28-38)32-16-8-4-9-17-32/h3-30H,1-2H3. The van der Waals surface area contributed by atoms with Crippen LogP contribution in [0.2, 0.25) is 0 Å². The van der Waals surface area contributed by atoms with Gasteiger partial charge in [0.2, 0.25) is 5.89 Å². The first-order valence-corrected chi connectivity index (χ1v) is 16.8. The van der Waals surface area contributed by atoms with E-state index in [-0.39, 0.29) is 5.41 Å². The molecular weight excluding hydrogens is 597 g/mol. The summed E-state index contributed by atoms with van der Waals surface area (Å²) < 4.78 is 6.41. The lowest BCUT2D eigenvalue weighted by atomic mass is 9.82. The Labute approximate surface area is 286 Å². The van der Waals surface area contributed by atoms with E-state index in [0.717, 1.165) is 44.9 Å². The summed E-state index contributed by atoms with van der Waals surface area (Å²) >= 11 is 0. The molecule has 1 aliphatic rings. The molecule has 0 atom stereocenters. The van der Waals surface area contributed by atoms with Gasteiger partial charge in [0, 0.05) is 34.1 Å². The first-order valence-electron chi connectivity index (χ1n) is 16.8. The molecule has 0 N–H and O–H groups in total. The van der Waals surface area contributed by atoms with Gasteiger partial charge in [-0.3, -0.25) is 0 Å². The molecule has 0 aliphatic heterocycles. The molecule has 0 bridgehead atoms. The number of anilines is 3. The molecule has 0 spiro atoms. The van der Waals surface area contributed by atoms with Crippen molar-refractivity contribution in [3.63, 3.8) is 0 Å². The molecule has 0 saturated heterocycles. The molecule has 3 heteroatoms. The van der Waals surface area contributed by atoms with Gasteiger partial charge < -0.3 is 9.32 Å². The highest BCUT2D eigenvalue weighted by molar-refractivity contribution is 5.90. The van der Waals surface area contributed by atoms with Crippen molar-refractivity contribution >= 4 is 28.2 Å². The minimum atomic E-state index is -0.131. The fourth-order valence-electron chi connectivity index (χ4n) is 7.37. The summed E-state index contributed by atoms with van der Waals surface area (Å²) in [5, 5.41) is 0. The lowest BCUT2D eigenvalue weighted by molar-refractivity contribution is 0.620. The van der Waals surface area contributed by atoms with Crippen molar-refractivity contribution in [2.45, 2.75) is 19.3 Å². The average Bonchev–Trinajstić information content (AvgIpc) is 3.69. The van der Waals surface area contributed by atoms with Gasteiger partial charge in [0.15, 0.2) is 5.58 Å². The van der Waals surface area contributed by atoms with Crippen molar-refractivity contribution in [1.29, 1.82) is 0 Å². The molecule has 7 aromatic carbocycles. The Morgan fingerprint density at radius 2 is 1.00 bits per heavy atom. The molecule has 8 aromatic rings. The molecule has 1 aliphatic carbocycles. The van der Waals surface area contributed by atoms with Crippen LogP contribution in [-0.4, -0.2) is 4.98 Å². The second-order valence-electron chi connectivity index (χ2n) is 13.3. The molecule has 3 nitrogen and oxygen atoms in total. The van der Waals surface area contributed by atoms with Crippen LogP contribution in [0.3, 0.4) is 0 Å². The highest BCUT2D eigenvalue weighted by atomic mass is 16.3. The zero-order valence-electron chi connectivity index (χ0n) is 27.5. The van der Waals surface area contributed by atoms with E-state index in [4.69, 9.17) is 9.40 Å². The predicted octanol–water partition coefficient (Wildman–Crippen LogP) is 12.6. The lowest BCUT2D eigenvalue weighted by Gasteiger charge is -2.29. The van der Waals surface area contributed by atoms with E-state index in [1.54, 1.807) is 0 Å². The minimum Gasteiger partial charge on any atom is -0.436 e. The zero-order chi connectivity index (χ0) is 33.0. The van der Waals surface area contributed by atoms with Gasteiger partial charge >= 0.3 is 0 Å². The van der Waals surface area contributed by atoms with Crippen LogP contribution >= 0.6 is 0 Å². The highest BCUT2D eigenvalue weighted by Crippen LogP contribution is 2.51. The Bertz CT molecular complexity index is 2400. The SMILES string of the molecule is CC1(C)c2ccccc2-c2ccc(N(c3cc(-c4ccccc4)cc(-c4ccccc4)c3)c3ccc4nc(-c5ccccc5)oc4c3)cc21. The van der Waals surface area contributed by atoms with Crippen LogP contribution in [0.15, 0.2) is 174 Å². The number of aromatic nitrogens is 1. The second-order valence-corrected chi connectivity index (χ2v) is 13.3. The summed E-state index contributed by atoms with van der Waals surface area (Å²) in [4.78, 5) is 7.20. The summed E-state index contributed by atoms with van der Waals surface area (Å²) in [5.41, 5.74) is 15.5. The van der Waals surface area contributed by atoms with Gasteiger partial charge in [0.1, 0.15) is 5.52 Å². The van der Waals surface area contributed by atoms with E-state index in [0.29, 0.717) is 5.89 Å². The molecule has 0 saturated carbocycles. The largest absolute Gasteiger partial charge is 0.436 e. The molecule has 0 unspecified atom stereocenters. The molecule has 1 heterocycles. The van der Waals surface area contributed by atoms with Crippen molar-refractivity contribution in [1.82, 2.24) is 4.98 Å². The predicted molar refractivity (Wildman–Crippen MR) is 203 cm³/mol. The molecular formula is C46H34N2O. The summed E-state index contributed by atoms with van der Waals surface area (Å²) in [5.74, 6) is 0.619. The van der Waals surface area contributed by atoms with Crippen LogP contribution in [0.1, 0.15) is 25.0 Å². The van der Waals surface area contributed by atoms with E-state index >= 15 is 0 Å². The fraction of sp³-hybridized carbons (Fsp3) is 0.0652. The third-order valence-corrected chi connectivity index (χ3v) is 9.87. The topological polar surface area (TPSA) is 29.3 Å². The van der Waals surface area contributed by atoms with Gasteiger partial charge in [-0.15, -0.1) is 0 Å². The van der Waals surface area contributed by atoms with E-state index in [2.05, 4.69) is 158 Å². The van der Waals surface area contributed by atoms with Gasteiger partial charge in [-0.1, -0.05) is 123 Å². The van der Waals surface area contributed by atoms with Crippen LogP contribution in [0.4, 0.5) is 17.1 Å². The smallest absolute Gasteiger partial charge is 0.227 e. The first kappa shape index (κ1) is 29.0. The Morgan fingerprint density at radius 1 is 0.449 bits per heavy atom. The molecule has 0 radical (unpaired) electrons. The van der Waals surface area contributed by atoms with Crippen molar-refractivity contribution in [3.8, 4) is 44.8 Å². The van der Waals surface area contributed by atoms with Crippen LogP contribution in [0, 0.1) is 0 Å². The Balaban J connectivity index is 1.27. The number of rotatable bonds is 6. The monoisotopic (exact) mass is 630 g/mol. The van der Waals surface area contributed by atoms with Crippen LogP contribution in [0.25, 0.3) is 55.9 Å². The van der Waals surface area contributed by atoms with E-state index in [1.807, 2.05) is 30.3 Å². The van der Waals surface area contributed by atoms with Crippen LogP contribution in [0.5, 0.6) is 0 Å². The molecule has 0 fully saturated rings. The van der Waals surface area contributed by atoms with E-state index in [9.17, 15) is 0 Å². The van der Waals surface area contributed by atoms with Gasteiger partial charge in [0.05, 0.1) is 0 Å². The fourth-order valence-corrected chi connectivity index (χ4v) is 7.37. The average molecular weight is 631 g/mol. The molecule has 234 valence electrons. The van der Waals surface area contributed by atoms with Crippen LogP contribution < -0.4 is 4.90 Å². The number of benzene rings is 7. The number of nitrogens with zero attached hydrogens (tertiary/aromatic N) is 2. The van der Waals surface area contributed by atoms with Gasteiger partial charge in [-0.25, -0.2) is 4.98 Å². The Hall–Kier alpha value is -6.19. The van der Waals surface area contributed by atoms with Crippen molar-refractivity contribution < 1.29 is 4.42 Å². The van der Waals surface area contributed by atoms with Crippen molar-refractivity contribution in [3.05, 3.63) is 181 Å². The summed E-state index contributed by atoms with van der Waals surface area (Å²) in [6.07, 6.45) is 0. The minimum absolute atomic E-state index is 0.131. The van der Waals surface area contributed by atoms with Crippen LogP contribution in [-0.2, 0) is 5.41 Å². The van der Waals surface area contributed by atoms with E-state index < -0.39 is 0 Å². The van der Waals surface area contributed by atoms with Crippen molar-refractivity contribution in [2.24, 2.45) is 0 Å². The first-order chi connectivity index (χ1) is 24.0. The Kier molecular flexibility index (Phi) is 6.80. The summed E-state index contributed by atoms with van der Waals surface area (Å²) in [6, 6.07) is 60.3. The van der Waals surface area contributed by atoms with Gasteiger partial charge in [0.25, 0.3) is 0 Å². The maximum Gasteiger partial charge on any atom is 0.227 e. The number of oxazole rings is 1. The maximum absolute atomic E-state index is 6.41. The zero-order valence-corrected chi connectivity index (χ0v) is 27.5. The third kappa shape index (κ3) is 5.03. The van der Waals surface area contributed by atoms with Gasteiger partial charge in [-0.05, 0) is 99.1 Å². The quantitative estimate of drug-likeness (QED) is 0.183. The van der Waals surface area contributed by atoms with E-state index in [1.165, 1.54) is 33.4 Å². The number of hydrogen-bond donors (Lipinski definition) is 0. The lowest BCUT2D eigenvalue weighted by Crippen LogP contribution is -2.16. The molecule has 49 heavy (non-hydrogen) atoms. The third-order valence-electron chi connectivity index (χ3n) is 9.87. The molecule has 1 aromatic heterocycles. The normalized spacial score (nSPS) is 12.9. The van der Waals surface area contributed by atoms with Crippen molar-refractivity contribution in [2.75, 3.05) is 4.90 Å². The molecule has 0 amide bonds. The maximum atomic E-state index is 6.41. The highest BCUT2D eigenvalue weighted by Gasteiger charge is 2.35. The molecule has 9 rings (SSSR count). The number of hydrogen-bond acceptors (Lipinski definition) is 3. The summed E-state index contributed by atoms with van der Waals surface area (Å²) in [6.45, 7) is 4.67. The second kappa shape index (κ2) is 11.5. The Morgan fingerprint density at radius 3 is 1.67 bits per heavy atom.